The molecule has 1 aliphatic rings. The maximum atomic E-state index is 2.26. The summed E-state index contributed by atoms with van der Waals surface area (Å²) in [6.07, 6.45) is 3.33. The average Bonchev–Trinajstić information content (AvgIpc) is 2.10. The highest BCUT2D eigenvalue weighted by Crippen LogP contribution is 2.13. The van der Waals surface area contributed by atoms with Crippen LogP contribution in [0.2, 0.25) is 0 Å². The van der Waals surface area contributed by atoms with Crippen molar-refractivity contribution < 1.29 is 0 Å². The molecule has 0 aromatic carbocycles. The summed E-state index contributed by atoms with van der Waals surface area (Å²) in [6, 6.07) is 0. The van der Waals surface area contributed by atoms with Gasteiger partial charge in [0, 0.05) is 26.0 Å². The highest BCUT2D eigenvalue weighted by Gasteiger charge is 2.10. The van der Waals surface area contributed by atoms with E-state index in [1.165, 1.54) is 5.70 Å². The molecule has 52 valence electrons. The van der Waals surface area contributed by atoms with Crippen LogP contribution in [0.1, 0.15) is 13.3 Å². The lowest BCUT2D eigenvalue weighted by Crippen LogP contribution is -2.19. The summed E-state index contributed by atoms with van der Waals surface area (Å²) in [5.74, 6) is 0. The van der Waals surface area contributed by atoms with Gasteiger partial charge in [-0.1, -0.05) is 6.92 Å². The molecule has 0 atom stereocenters. The van der Waals surface area contributed by atoms with Gasteiger partial charge in [-0.15, -0.1) is 0 Å². The van der Waals surface area contributed by atoms with E-state index >= 15 is 0 Å². The summed E-state index contributed by atoms with van der Waals surface area (Å²) in [5, 5.41) is 0. The molecule has 0 unspecified atom stereocenters. The number of rotatable bonds is 1. The molecule has 0 N–H and O–H groups in total. The Morgan fingerprint density at radius 2 is 2.22 bits per heavy atom. The average molecular weight is 126 g/mol. The molecule has 0 radical (unpaired) electrons. The second-order valence-electron chi connectivity index (χ2n) is 2.57. The molecule has 0 saturated carbocycles. The van der Waals surface area contributed by atoms with Gasteiger partial charge in [-0.2, -0.15) is 0 Å². The quantitative estimate of drug-likeness (QED) is 0.518. The number of allylic oxidation sites excluding steroid dienone is 1. The van der Waals surface area contributed by atoms with Crippen LogP contribution in [0.15, 0.2) is 11.9 Å². The Balaban J connectivity index is 2.57. The zero-order valence-electron chi connectivity index (χ0n) is 6.39. The summed E-state index contributed by atoms with van der Waals surface area (Å²) in [5.41, 5.74) is 1.43. The Bertz CT molecular complexity index is 129. The van der Waals surface area contributed by atoms with Crippen LogP contribution in [-0.2, 0) is 0 Å². The van der Waals surface area contributed by atoms with Crippen molar-refractivity contribution in [1.29, 1.82) is 0 Å². The van der Waals surface area contributed by atoms with Crippen molar-refractivity contribution in [2.45, 2.75) is 13.3 Å². The van der Waals surface area contributed by atoms with Crippen molar-refractivity contribution in [2.75, 3.05) is 20.8 Å². The van der Waals surface area contributed by atoms with Gasteiger partial charge in [0.05, 0.1) is 6.67 Å². The van der Waals surface area contributed by atoms with Crippen LogP contribution in [0, 0.1) is 0 Å². The van der Waals surface area contributed by atoms with Gasteiger partial charge in [0.2, 0.25) is 0 Å². The molecule has 1 heterocycles. The molecular weight excluding hydrogens is 112 g/mol. The molecule has 2 nitrogen and oxygen atoms in total. The lowest BCUT2D eigenvalue weighted by molar-refractivity contribution is 0.323. The minimum Gasteiger partial charge on any atom is -0.361 e. The second kappa shape index (κ2) is 2.29. The molecule has 0 aliphatic carbocycles. The molecular formula is C7H14N2. The van der Waals surface area contributed by atoms with Crippen LogP contribution in [0.4, 0.5) is 0 Å². The predicted octanol–water partition coefficient (Wildman–Crippen LogP) is 1.07. The SMILES string of the molecule is CCC1=CN(C)CN1C. The smallest absolute Gasteiger partial charge is 0.0890 e. The first-order valence-corrected chi connectivity index (χ1v) is 3.36. The Morgan fingerprint density at radius 3 is 2.44 bits per heavy atom. The fourth-order valence-electron chi connectivity index (χ4n) is 1.18. The van der Waals surface area contributed by atoms with Crippen molar-refractivity contribution in [3.63, 3.8) is 0 Å². The third kappa shape index (κ3) is 1.18. The Labute approximate surface area is 56.8 Å². The molecule has 0 bridgehead atoms. The molecule has 0 fully saturated rings. The molecule has 0 saturated heterocycles. The van der Waals surface area contributed by atoms with Crippen molar-refractivity contribution in [2.24, 2.45) is 0 Å². The van der Waals surface area contributed by atoms with Crippen LogP contribution in [0.3, 0.4) is 0 Å². The molecule has 0 aromatic heterocycles. The Kier molecular flexibility index (Phi) is 1.65. The molecule has 0 aromatic rings. The fourth-order valence-corrected chi connectivity index (χ4v) is 1.18. The first-order valence-electron chi connectivity index (χ1n) is 3.36. The van der Waals surface area contributed by atoms with E-state index in [1.807, 2.05) is 0 Å². The standard InChI is InChI=1S/C7H14N2/c1-4-7-5-8(2)6-9(7)3/h5H,4,6H2,1-3H3. The summed E-state index contributed by atoms with van der Waals surface area (Å²) in [4.78, 5) is 4.46. The summed E-state index contributed by atoms with van der Waals surface area (Å²) < 4.78 is 0. The highest BCUT2D eigenvalue weighted by molar-refractivity contribution is 5.03. The second-order valence-corrected chi connectivity index (χ2v) is 2.57. The lowest BCUT2D eigenvalue weighted by atomic mass is 10.3. The number of hydrogen-bond donors (Lipinski definition) is 0. The highest BCUT2D eigenvalue weighted by atomic mass is 15.3. The molecule has 2 heteroatoms. The van der Waals surface area contributed by atoms with Crippen molar-refractivity contribution in [3.8, 4) is 0 Å². The van der Waals surface area contributed by atoms with Gasteiger partial charge < -0.3 is 9.80 Å². The van der Waals surface area contributed by atoms with E-state index in [4.69, 9.17) is 0 Å². The minimum absolute atomic E-state index is 1.04. The summed E-state index contributed by atoms with van der Waals surface area (Å²) in [7, 11) is 4.22. The Hall–Kier alpha value is -0.660. The van der Waals surface area contributed by atoms with E-state index in [9.17, 15) is 0 Å². The third-order valence-corrected chi connectivity index (χ3v) is 1.66. The fraction of sp³-hybridized carbons (Fsp3) is 0.714. The molecule has 0 amide bonds. The van der Waals surface area contributed by atoms with Crippen molar-refractivity contribution >= 4 is 0 Å². The first kappa shape index (κ1) is 6.46. The van der Waals surface area contributed by atoms with E-state index in [2.05, 4.69) is 37.0 Å². The monoisotopic (exact) mass is 126 g/mol. The number of nitrogens with zero attached hydrogens (tertiary/aromatic N) is 2. The van der Waals surface area contributed by atoms with Gasteiger partial charge >= 0.3 is 0 Å². The van der Waals surface area contributed by atoms with Gasteiger partial charge in [-0.3, -0.25) is 0 Å². The maximum absolute atomic E-state index is 2.26. The maximum Gasteiger partial charge on any atom is 0.0890 e. The van der Waals surface area contributed by atoms with Gasteiger partial charge in [0.15, 0.2) is 0 Å². The van der Waals surface area contributed by atoms with Crippen LogP contribution in [0.5, 0.6) is 0 Å². The van der Waals surface area contributed by atoms with Gasteiger partial charge in [0.1, 0.15) is 0 Å². The van der Waals surface area contributed by atoms with Crippen LogP contribution in [0.25, 0.3) is 0 Å². The van der Waals surface area contributed by atoms with E-state index in [0.29, 0.717) is 0 Å². The van der Waals surface area contributed by atoms with Crippen LogP contribution < -0.4 is 0 Å². The van der Waals surface area contributed by atoms with Crippen LogP contribution >= 0.6 is 0 Å². The van der Waals surface area contributed by atoms with Crippen LogP contribution in [-0.4, -0.2) is 30.6 Å². The van der Waals surface area contributed by atoms with Crippen molar-refractivity contribution in [3.05, 3.63) is 11.9 Å². The van der Waals surface area contributed by atoms with E-state index in [1.54, 1.807) is 0 Å². The summed E-state index contributed by atoms with van der Waals surface area (Å²) >= 11 is 0. The molecule has 9 heavy (non-hydrogen) atoms. The normalized spacial score (nSPS) is 18.8. The summed E-state index contributed by atoms with van der Waals surface area (Å²) in [6.45, 7) is 3.23. The minimum atomic E-state index is 1.04. The third-order valence-electron chi connectivity index (χ3n) is 1.66. The zero-order valence-corrected chi connectivity index (χ0v) is 6.39. The Morgan fingerprint density at radius 1 is 1.56 bits per heavy atom. The molecule has 1 aliphatic heterocycles. The largest absolute Gasteiger partial charge is 0.361 e. The van der Waals surface area contributed by atoms with E-state index in [0.717, 1.165) is 13.1 Å². The first-order chi connectivity index (χ1) is 4.24. The predicted molar refractivity (Wildman–Crippen MR) is 38.8 cm³/mol. The van der Waals surface area contributed by atoms with E-state index < -0.39 is 0 Å². The van der Waals surface area contributed by atoms with E-state index in [-0.39, 0.29) is 0 Å². The van der Waals surface area contributed by atoms with Crippen molar-refractivity contribution in [1.82, 2.24) is 9.80 Å². The molecule has 0 spiro atoms. The van der Waals surface area contributed by atoms with Gasteiger partial charge in [-0.05, 0) is 6.42 Å². The van der Waals surface area contributed by atoms with Gasteiger partial charge in [0.25, 0.3) is 0 Å². The lowest BCUT2D eigenvalue weighted by Gasteiger charge is -2.14. The topological polar surface area (TPSA) is 6.48 Å². The zero-order chi connectivity index (χ0) is 6.85. The van der Waals surface area contributed by atoms with Gasteiger partial charge in [-0.25, -0.2) is 0 Å². The molecule has 1 rings (SSSR count). The number of hydrogen-bond acceptors (Lipinski definition) is 2.